The van der Waals surface area contributed by atoms with E-state index in [1.807, 2.05) is 42.6 Å². The van der Waals surface area contributed by atoms with Gasteiger partial charge in [-0.1, -0.05) is 6.07 Å². The Morgan fingerprint density at radius 3 is 2.59 bits per heavy atom. The Morgan fingerprint density at radius 1 is 0.852 bits per heavy atom. The lowest BCUT2D eigenvalue weighted by Gasteiger charge is -2.28. The van der Waals surface area contributed by atoms with Gasteiger partial charge < -0.3 is 9.64 Å². The summed E-state index contributed by atoms with van der Waals surface area (Å²) >= 11 is 0. The molecule has 134 valence electrons. The van der Waals surface area contributed by atoms with Gasteiger partial charge in [-0.15, -0.1) is 0 Å². The molecule has 27 heavy (non-hydrogen) atoms. The maximum atomic E-state index is 5.47. The van der Waals surface area contributed by atoms with Crippen molar-refractivity contribution in [2.45, 2.75) is 0 Å². The minimum atomic E-state index is 0.513. The molecule has 0 N–H and O–H groups in total. The maximum Gasteiger partial charge on any atom is 0.253 e. The summed E-state index contributed by atoms with van der Waals surface area (Å²) in [4.78, 5) is 20.5. The first kappa shape index (κ1) is 15.8. The van der Waals surface area contributed by atoms with Crippen LogP contribution in [-0.2, 0) is 4.74 Å². The minimum absolute atomic E-state index is 0.513. The number of morpholine rings is 1. The molecule has 0 atom stereocenters. The third-order valence-corrected chi connectivity index (χ3v) is 4.46. The molecule has 5 rings (SSSR count). The normalized spacial score (nSPS) is 14.6. The van der Waals surface area contributed by atoms with Crippen molar-refractivity contribution >= 4 is 16.9 Å². The molecule has 1 fully saturated rings. The Hall–Kier alpha value is -3.39. The fourth-order valence-corrected chi connectivity index (χ4v) is 3.12. The number of hydrogen-bond donors (Lipinski definition) is 0. The molecule has 1 aliphatic rings. The van der Waals surface area contributed by atoms with Crippen LogP contribution in [0.5, 0.6) is 0 Å². The second kappa shape index (κ2) is 6.73. The van der Waals surface area contributed by atoms with Gasteiger partial charge in [0.15, 0.2) is 5.82 Å². The van der Waals surface area contributed by atoms with E-state index in [4.69, 9.17) is 9.72 Å². The van der Waals surface area contributed by atoms with Gasteiger partial charge in [0, 0.05) is 31.7 Å². The van der Waals surface area contributed by atoms with Crippen LogP contribution in [0.2, 0.25) is 0 Å². The third-order valence-electron chi connectivity index (χ3n) is 4.46. The topological polar surface area (TPSA) is 81.9 Å². The highest BCUT2D eigenvalue weighted by molar-refractivity contribution is 5.86. The number of ether oxygens (including phenoxy) is 1. The minimum Gasteiger partial charge on any atom is -0.378 e. The highest BCUT2D eigenvalue weighted by Gasteiger charge is 2.19. The lowest BCUT2D eigenvalue weighted by molar-refractivity contribution is 0.122. The highest BCUT2D eigenvalue weighted by Crippen LogP contribution is 2.24. The second-order valence-electron chi connectivity index (χ2n) is 6.18. The van der Waals surface area contributed by atoms with Crippen molar-refractivity contribution < 1.29 is 4.74 Å². The Kier molecular flexibility index (Phi) is 3.95. The van der Waals surface area contributed by atoms with Crippen LogP contribution in [0.15, 0.2) is 55.0 Å². The molecule has 0 amide bonds. The summed E-state index contributed by atoms with van der Waals surface area (Å²) in [6.45, 7) is 2.92. The molecule has 4 aromatic heterocycles. The summed E-state index contributed by atoms with van der Waals surface area (Å²) in [7, 11) is 0. The van der Waals surface area contributed by atoms with Crippen molar-refractivity contribution in [3.05, 3.63) is 55.0 Å². The van der Waals surface area contributed by atoms with Crippen molar-refractivity contribution in [1.82, 2.24) is 29.7 Å². The van der Waals surface area contributed by atoms with Crippen LogP contribution in [0.1, 0.15) is 0 Å². The van der Waals surface area contributed by atoms with Crippen molar-refractivity contribution in [3.8, 4) is 17.3 Å². The predicted octanol–water partition coefficient (Wildman–Crippen LogP) is 2.11. The smallest absolute Gasteiger partial charge is 0.253 e. The molecular weight excluding hydrogens is 342 g/mol. The van der Waals surface area contributed by atoms with Gasteiger partial charge in [0.2, 0.25) is 0 Å². The summed E-state index contributed by atoms with van der Waals surface area (Å²) in [5, 5.41) is 4.61. The van der Waals surface area contributed by atoms with E-state index in [0.29, 0.717) is 19.2 Å². The fraction of sp³-hybridized carbons (Fsp3) is 0.211. The SMILES string of the molecule is c1ccc(-c2ccn(-c3nc(N4CCOCC4)c4ncccc4n3)n2)nc1. The van der Waals surface area contributed by atoms with Gasteiger partial charge in [0.1, 0.15) is 11.2 Å². The molecular formula is C19H17N7O. The molecule has 0 unspecified atom stereocenters. The first-order valence-corrected chi connectivity index (χ1v) is 8.81. The molecule has 1 aliphatic heterocycles. The van der Waals surface area contributed by atoms with E-state index in [1.165, 1.54) is 0 Å². The fourth-order valence-electron chi connectivity index (χ4n) is 3.12. The maximum absolute atomic E-state index is 5.47. The van der Waals surface area contributed by atoms with E-state index in [9.17, 15) is 0 Å². The average molecular weight is 359 g/mol. The van der Waals surface area contributed by atoms with E-state index >= 15 is 0 Å². The molecule has 4 aromatic rings. The first-order valence-electron chi connectivity index (χ1n) is 8.81. The van der Waals surface area contributed by atoms with E-state index in [-0.39, 0.29) is 0 Å². The zero-order valence-corrected chi connectivity index (χ0v) is 14.6. The van der Waals surface area contributed by atoms with E-state index < -0.39 is 0 Å². The van der Waals surface area contributed by atoms with Gasteiger partial charge in [0.25, 0.3) is 5.95 Å². The van der Waals surface area contributed by atoms with Crippen LogP contribution >= 0.6 is 0 Å². The number of hydrogen-bond acceptors (Lipinski definition) is 7. The molecule has 8 heteroatoms. The van der Waals surface area contributed by atoms with Crippen LogP contribution in [0.25, 0.3) is 28.4 Å². The van der Waals surface area contributed by atoms with Crippen molar-refractivity contribution in [1.29, 1.82) is 0 Å². The Morgan fingerprint density at radius 2 is 1.74 bits per heavy atom. The number of fused-ring (bicyclic) bond motifs is 1. The quantitative estimate of drug-likeness (QED) is 0.554. The molecule has 8 nitrogen and oxygen atoms in total. The molecule has 0 bridgehead atoms. The van der Waals surface area contributed by atoms with Crippen LogP contribution in [0.4, 0.5) is 5.82 Å². The number of anilines is 1. The number of pyridine rings is 2. The standard InChI is InChI=1S/C19H17N7O/c1-2-7-20-14(4-1)15-6-9-26(24-15)19-22-16-5-3-8-21-17(16)18(23-19)25-10-12-27-13-11-25/h1-9H,10-13H2. The van der Waals surface area contributed by atoms with Gasteiger partial charge in [0.05, 0.1) is 24.4 Å². The summed E-state index contributed by atoms with van der Waals surface area (Å²) in [6, 6.07) is 11.5. The first-order chi connectivity index (χ1) is 13.4. The van der Waals surface area contributed by atoms with Gasteiger partial charge >= 0.3 is 0 Å². The Labute approximate surface area is 155 Å². The van der Waals surface area contributed by atoms with Crippen LogP contribution < -0.4 is 4.90 Å². The van der Waals surface area contributed by atoms with Crippen LogP contribution in [-0.4, -0.2) is 56.0 Å². The van der Waals surface area contributed by atoms with Gasteiger partial charge in [-0.3, -0.25) is 9.97 Å². The van der Waals surface area contributed by atoms with Crippen LogP contribution in [0, 0.1) is 0 Å². The van der Waals surface area contributed by atoms with Gasteiger partial charge in [-0.2, -0.15) is 10.1 Å². The Balaban J connectivity index is 1.60. The monoisotopic (exact) mass is 359 g/mol. The number of rotatable bonds is 3. The van der Waals surface area contributed by atoms with Gasteiger partial charge in [-0.25, -0.2) is 9.67 Å². The summed E-state index contributed by atoms with van der Waals surface area (Å²) in [5.41, 5.74) is 3.17. The zero-order chi connectivity index (χ0) is 18.1. The molecule has 1 saturated heterocycles. The highest BCUT2D eigenvalue weighted by atomic mass is 16.5. The lowest BCUT2D eigenvalue weighted by Crippen LogP contribution is -2.37. The van der Waals surface area contributed by atoms with E-state index in [1.54, 1.807) is 17.1 Å². The summed E-state index contributed by atoms with van der Waals surface area (Å²) in [6.07, 6.45) is 5.37. The Bertz CT molecular complexity index is 1070. The second-order valence-corrected chi connectivity index (χ2v) is 6.18. The molecule has 0 aromatic carbocycles. The van der Waals surface area contributed by atoms with Crippen molar-refractivity contribution in [2.75, 3.05) is 31.2 Å². The average Bonchev–Trinajstić information content (AvgIpc) is 3.25. The van der Waals surface area contributed by atoms with E-state index in [0.717, 1.165) is 41.3 Å². The molecule has 0 radical (unpaired) electrons. The molecule has 5 heterocycles. The predicted molar refractivity (Wildman–Crippen MR) is 101 cm³/mol. The number of nitrogens with zero attached hydrogens (tertiary/aromatic N) is 7. The molecule has 0 aliphatic carbocycles. The largest absolute Gasteiger partial charge is 0.378 e. The third kappa shape index (κ3) is 3.00. The molecule has 0 spiro atoms. The van der Waals surface area contributed by atoms with Crippen LogP contribution in [0.3, 0.4) is 0 Å². The summed E-state index contributed by atoms with van der Waals surface area (Å²) in [5.74, 6) is 1.33. The van der Waals surface area contributed by atoms with Crippen molar-refractivity contribution in [2.24, 2.45) is 0 Å². The van der Waals surface area contributed by atoms with Gasteiger partial charge in [-0.05, 0) is 30.3 Å². The zero-order valence-electron chi connectivity index (χ0n) is 14.6. The number of aromatic nitrogens is 6. The lowest BCUT2D eigenvalue weighted by atomic mass is 10.3. The molecule has 0 saturated carbocycles. The van der Waals surface area contributed by atoms with E-state index in [2.05, 4.69) is 25.0 Å². The summed E-state index contributed by atoms with van der Waals surface area (Å²) < 4.78 is 7.15. The van der Waals surface area contributed by atoms with Crippen molar-refractivity contribution in [3.63, 3.8) is 0 Å².